The summed E-state index contributed by atoms with van der Waals surface area (Å²) in [5.41, 5.74) is 0. The molecule has 0 heterocycles. The first-order valence-corrected chi connectivity index (χ1v) is 4.49. The molecule has 0 aromatic carbocycles. The van der Waals surface area contributed by atoms with Crippen LogP contribution in [-0.2, 0) is 4.79 Å². The van der Waals surface area contributed by atoms with Crippen LogP contribution in [0.5, 0.6) is 0 Å². The smallest absolute Gasteiger partial charge is 0.392 e. The van der Waals surface area contributed by atoms with Crippen LogP contribution in [0.3, 0.4) is 0 Å². The zero-order chi connectivity index (χ0) is 11.4. The van der Waals surface area contributed by atoms with Crippen LogP contribution in [-0.4, -0.2) is 23.7 Å². The SMILES string of the molecule is CC(C)C(=O)CC(CCO)C(F)(F)F. The van der Waals surface area contributed by atoms with Crippen molar-refractivity contribution in [1.82, 2.24) is 0 Å². The molecule has 0 aromatic rings. The Balaban J connectivity index is 4.31. The van der Waals surface area contributed by atoms with E-state index >= 15 is 0 Å². The van der Waals surface area contributed by atoms with Gasteiger partial charge in [0, 0.05) is 18.9 Å². The van der Waals surface area contributed by atoms with Gasteiger partial charge in [-0.2, -0.15) is 13.2 Å². The van der Waals surface area contributed by atoms with E-state index in [1.54, 1.807) is 13.8 Å². The minimum Gasteiger partial charge on any atom is -0.396 e. The van der Waals surface area contributed by atoms with Gasteiger partial charge in [-0.1, -0.05) is 13.8 Å². The molecule has 0 aliphatic carbocycles. The summed E-state index contributed by atoms with van der Waals surface area (Å²) in [4.78, 5) is 11.1. The van der Waals surface area contributed by atoms with E-state index in [2.05, 4.69) is 0 Å². The second-order valence-electron chi connectivity index (χ2n) is 3.58. The van der Waals surface area contributed by atoms with Gasteiger partial charge in [-0.05, 0) is 6.42 Å². The maximum absolute atomic E-state index is 12.3. The Morgan fingerprint density at radius 1 is 1.36 bits per heavy atom. The number of halogens is 3. The topological polar surface area (TPSA) is 37.3 Å². The molecule has 0 aliphatic heterocycles. The Morgan fingerprint density at radius 3 is 2.14 bits per heavy atom. The second-order valence-corrected chi connectivity index (χ2v) is 3.58. The van der Waals surface area contributed by atoms with Crippen molar-refractivity contribution in [2.45, 2.75) is 32.9 Å². The molecule has 0 saturated heterocycles. The summed E-state index contributed by atoms with van der Waals surface area (Å²) in [7, 11) is 0. The fourth-order valence-corrected chi connectivity index (χ4v) is 1.02. The molecule has 0 bridgehead atoms. The van der Waals surface area contributed by atoms with E-state index in [9.17, 15) is 18.0 Å². The number of alkyl halides is 3. The van der Waals surface area contributed by atoms with Gasteiger partial charge in [-0.25, -0.2) is 0 Å². The Hall–Kier alpha value is -0.580. The van der Waals surface area contributed by atoms with Crippen molar-refractivity contribution in [3.8, 4) is 0 Å². The normalized spacial score (nSPS) is 14.5. The van der Waals surface area contributed by atoms with E-state index in [-0.39, 0.29) is 0 Å². The van der Waals surface area contributed by atoms with Crippen LogP contribution in [0.1, 0.15) is 26.7 Å². The molecule has 1 unspecified atom stereocenters. The summed E-state index contributed by atoms with van der Waals surface area (Å²) >= 11 is 0. The molecule has 14 heavy (non-hydrogen) atoms. The molecule has 0 radical (unpaired) electrons. The fourth-order valence-electron chi connectivity index (χ4n) is 1.02. The molecule has 0 saturated carbocycles. The third kappa shape index (κ3) is 4.60. The molecule has 5 heteroatoms. The number of hydrogen-bond acceptors (Lipinski definition) is 2. The van der Waals surface area contributed by atoms with E-state index < -0.39 is 43.2 Å². The maximum Gasteiger partial charge on any atom is 0.392 e. The first kappa shape index (κ1) is 13.4. The van der Waals surface area contributed by atoms with E-state index in [4.69, 9.17) is 5.11 Å². The summed E-state index contributed by atoms with van der Waals surface area (Å²) in [6, 6.07) is 0. The van der Waals surface area contributed by atoms with E-state index in [1.807, 2.05) is 0 Å². The van der Waals surface area contributed by atoms with Crippen molar-refractivity contribution in [2.24, 2.45) is 11.8 Å². The van der Waals surface area contributed by atoms with Crippen LogP contribution in [0.2, 0.25) is 0 Å². The van der Waals surface area contributed by atoms with Gasteiger partial charge < -0.3 is 5.11 Å². The lowest BCUT2D eigenvalue weighted by molar-refractivity contribution is -0.182. The average Bonchev–Trinajstić information content (AvgIpc) is 2.01. The largest absolute Gasteiger partial charge is 0.396 e. The minimum atomic E-state index is -4.40. The van der Waals surface area contributed by atoms with Gasteiger partial charge in [0.1, 0.15) is 5.78 Å². The monoisotopic (exact) mass is 212 g/mol. The first-order valence-electron chi connectivity index (χ1n) is 4.49. The van der Waals surface area contributed by atoms with Gasteiger partial charge in [0.25, 0.3) is 0 Å². The van der Waals surface area contributed by atoms with Gasteiger partial charge in [0.15, 0.2) is 0 Å². The summed E-state index contributed by atoms with van der Waals surface area (Å²) < 4.78 is 36.8. The number of carbonyl (C=O) groups excluding carboxylic acids is 1. The fraction of sp³-hybridized carbons (Fsp3) is 0.889. The summed E-state index contributed by atoms with van der Waals surface area (Å²) in [5, 5.41) is 8.44. The molecule has 1 N–H and O–H groups in total. The van der Waals surface area contributed by atoms with Crippen LogP contribution >= 0.6 is 0 Å². The number of hydrogen-bond donors (Lipinski definition) is 1. The third-order valence-corrected chi connectivity index (χ3v) is 2.03. The highest BCUT2D eigenvalue weighted by Gasteiger charge is 2.40. The average molecular weight is 212 g/mol. The van der Waals surface area contributed by atoms with Gasteiger partial charge in [-0.15, -0.1) is 0 Å². The Labute approximate surface area is 81.1 Å². The number of ketones is 1. The van der Waals surface area contributed by atoms with Crippen LogP contribution in [0.15, 0.2) is 0 Å². The Bertz CT molecular complexity index is 187. The number of carbonyl (C=O) groups is 1. The van der Waals surface area contributed by atoms with E-state index in [1.165, 1.54) is 0 Å². The Kier molecular flexibility index (Phi) is 5.12. The van der Waals surface area contributed by atoms with Gasteiger partial charge in [0.05, 0.1) is 5.92 Å². The van der Waals surface area contributed by atoms with Crippen LogP contribution in [0.4, 0.5) is 13.2 Å². The Morgan fingerprint density at radius 2 is 1.86 bits per heavy atom. The molecule has 84 valence electrons. The standard InChI is InChI=1S/C9H15F3O2/c1-6(2)8(14)5-7(3-4-13)9(10,11)12/h6-7,13H,3-5H2,1-2H3. The van der Waals surface area contributed by atoms with E-state index in [0.29, 0.717) is 0 Å². The maximum atomic E-state index is 12.3. The van der Waals surface area contributed by atoms with Crippen molar-refractivity contribution in [3.05, 3.63) is 0 Å². The lowest BCUT2D eigenvalue weighted by Gasteiger charge is -2.19. The van der Waals surface area contributed by atoms with Crippen molar-refractivity contribution < 1.29 is 23.1 Å². The molecular formula is C9H15F3O2. The van der Waals surface area contributed by atoms with Gasteiger partial charge in [0.2, 0.25) is 0 Å². The molecule has 0 rings (SSSR count). The third-order valence-electron chi connectivity index (χ3n) is 2.03. The molecular weight excluding hydrogens is 197 g/mol. The zero-order valence-electron chi connectivity index (χ0n) is 8.27. The molecule has 0 fully saturated rings. The van der Waals surface area contributed by atoms with Crippen molar-refractivity contribution in [2.75, 3.05) is 6.61 Å². The highest BCUT2D eigenvalue weighted by molar-refractivity contribution is 5.80. The van der Waals surface area contributed by atoms with Crippen molar-refractivity contribution >= 4 is 5.78 Å². The van der Waals surface area contributed by atoms with Crippen LogP contribution < -0.4 is 0 Å². The number of aliphatic hydroxyl groups excluding tert-OH is 1. The van der Waals surface area contributed by atoms with Crippen molar-refractivity contribution in [3.63, 3.8) is 0 Å². The summed E-state index contributed by atoms with van der Waals surface area (Å²) in [6.45, 7) is 2.58. The molecule has 2 nitrogen and oxygen atoms in total. The minimum absolute atomic E-state index is 0.390. The van der Waals surface area contributed by atoms with Gasteiger partial charge >= 0.3 is 6.18 Å². The number of Topliss-reactive ketones (excluding diaryl/α,β-unsaturated/α-hetero) is 1. The lowest BCUT2D eigenvalue weighted by atomic mass is 9.94. The first-order chi connectivity index (χ1) is 6.29. The molecule has 0 aromatic heterocycles. The quantitative estimate of drug-likeness (QED) is 0.758. The predicted octanol–water partition coefficient (Wildman–Crippen LogP) is 2.16. The zero-order valence-corrected chi connectivity index (χ0v) is 8.27. The lowest BCUT2D eigenvalue weighted by Crippen LogP contribution is -2.27. The molecule has 1 atom stereocenters. The number of rotatable bonds is 5. The van der Waals surface area contributed by atoms with Crippen LogP contribution in [0, 0.1) is 11.8 Å². The highest BCUT2D eigenvalue weighted by atomic mass is 19.4. The molecule has 0 aliphatic rings. The molecule has 0 amide bonds. The van der Waals surface area contributed by atoms with Crippen LogP contribution in [0.25, 0.3) is 0 Å². The highest BCUT2D eigenvalue weighted by Crippen LogP contribution is 2.32. The summed E-state index contributed by atoms with van der Waals surface area (Å²) in [5.74, 6) is -2.51. The van der Waals surface area contributed by atoms with Crippen molar-refractivity contribution in [1.29, 1.82) is 0 Å². The van der Waals surface area contributed by atoms with E-state index in [0.717, 1.165) is 0 Å². The van der Waals surface area contributed by atoms with Gasteiger partial charge in [-0.3, -0.25) is 4.79 Å². The summed E-state index contributed by atoms with van der Waals surface area (Å²) in [6.07, 6.45) is -5.32. The number of aliphatic hydroxyl groups is 1. The molecule has 0 spiro atoms. The predicted molar refractivity (Wildman–Crippen MR) is 45.7 cm³/mol. The second kappa shape index (κ2) is 5.34.